The summed E-state index contributed by atoms with van der Waals surface area (Å²) in [6.07, 6.45) is -2.90. The summed E-state index contributed by atoms with van der Waals surface area (Å²) in [4.78, 5) is 0. The lowest BCUT2D eigenvalue weighted by Gasteiger charge is -2.30. The Balaban J connectivity index is 2.41. The SMILES string of the molecule is CC(C)Cn1cnnc1C1(C(F)(F)F)CCNC1. The number of hydrogen-bond acceptors (Lipinski definition) is 3. The zero-order valence-electron chi connectivity index (χ0n) is 10.5. The van der Waals surface area contributed by atoms with E-state index in [0.717, 1.165) is 0 Å². The maximum atomic E-state index is 13.4. The lowest BCUT2D eigenvalue weighted by Crippen LogP contribution is -2.46. The fourth-order valence-electron chi connectivity index (χ4n) is 2.40. The third-order valence-corrected chi connectivity index (χ3v) is 3.30. The number of nitrogens with one attached hydrogen (secondary N) is 1. The van der Waals surface area contributed by atoms with Crippen LogP contribution in [0.5, 0.6) is 0 Å². The lowest BCUT2D eigenvalue weighted by molar-refractivity contribution is -0.188. The zero-order chi connectivity index (χ0) is 13.4. The van der Waals surface area contributed by atoms with Crippen LogP contribution in [0.2, 0.25) is 0 Å². The predicted octanol–water partition coefficient (Wildman–Crippen LogP) is 1.73. The van der Waals surface area contributed by atoms with E-state index in [0.29, 0.717) is 13.1 Å². The van der Waals surface area contributed by atoms with Gasteiger partial charge in [0.1, 0.15) is 17.6 Å². The van der Waals surface area contributed by atoms with Crippen molar-refractivity contribution in [1.29, 1.82) is 0 Å². The molecule has 2 heterocycles. The highest BCUT2D eigenvalue weighted by molar-refractivity contribution is 5.17. The van der Waals surface area contributed by atoms with Gasteiger partial charge in [0, 0.05) is 13.1 Å². The molecule has 1 aromatic heterocycles. The van der Waals surface area contributed by atoms with E-state index >= 15 is 0 Å². The number of halogens is 3. The van der Waals surface area contributed by atoms with Gasteiger partial charge in [0.25, 0.3) is 0 Å². The normalized spacial score (nSPS) is 25.0. The molecule has 1 saturated heterocycles. The van der Waals surface area contributed by atoms with Crippen molar-refractivity contribution in [2.24, 2.45) is 5.92 Å². The summed E-state index contributed by atoms with van der Waals surface area (Å²) in [7, 11) is 0. The Morgan fingerprint density at radius 1 is 1.50 bits per heavy atom. The number of alkyl halides is 3. The van der Waals surface area contributed by atoms with Crippen molar-refractivity contribution in [3.05, 3.63) is 12.2 Å². The van der Waals surface area contributed by atoms with Crippen LogP contribution in [0.15, 0.2) is 6.33 Å². The first-order chi connectivity index (χ1) is 8.37. The van der Waals surface area contributed by atoms with E-state index in [4.69, 9.17) is 0 Å². The van der Waals surface area contributed by atoms with Crippen LogP contribution in [0.3, 0.4) is 0 Å². The number of hydrogen-bond donors (Lipinski definition) is 1. The maximum Gasteiger partial charge on any atom is 0.402 e. The van der Waals surface area contributed by atoms with Crippen LogP contribution in [0, 0.1) is 5.92 Å². The summed E-state index contributed by atoms with van der Waals surface area (Å²) >= 11 is 0. The Bertz CT molecular complexity index is 405. The van der Waals surface area contributed by atoms with Gasteiger partial charge in [-0.2, -0.15) is 13.2 Å². The second-order valence-electron chi connectivity index (χ2n) is 5.21. The van der Waals surface area contributed by atoms with Gasteiger partial charge in [0.2, 0.25) is 0 Å². The number of aromatic nitrogens is 3. The van der Waals surface area contributed by atoms with Crippen LogP contribution in [0.25, 0.3) is 0 Å². The third-order valence-electron chi connectivity index (χ3n) is 3.30. The van der Waals surface area contributed by atoms with Gasteiger partial charge >= 0.3 is 6.18 Å². The van der Waals surface area contributed by atoms with Gasteiger partial charge in [-0.15, -0.1) is 10.2 Å². The highest BCUT2D eigenvalue weighted by atomic mass is 19.4. The van der Waals surface area contributed by atoms with Gasteiger partial charge < -0.3 is 9.88 Å². The van der Waals surface area contributed by atoms with Crippen LogP contribution in [0.4, 0.5) is 13.2 Å². The number of nitrogens with zero attached hydrogens (tertiary/aromatic N) is 3. The molecular formula is C11H17F3N4. The summed E-state index contributed by atoms with van der Waals surface area (Å²) < 4.78 is 41.7. The highest BCUT2D eigenvalue weighted by Crippen LogP contribution is 2.44. The molecule has 18 heavy (non-hydrogen) atoms. The molecule has 7 heteroatoms. The second-order valence-corrected chi connectivity index (χ2v) is 5.21. The Hall–Kier alpha value is -1.11. The van der Waals surface area contributed by atoms with Crippen LogP contribution in [-0.2, 0) is 12.0 Å². The molecule has 1 unspecified atom stereocenters. The summed E-state index contributed by atoms with van der Waals surface area (Å²) in [6.45, 7) is 4.65. The van der Waals surface area contributed by atoms with Crippen molar-refractivity contribution in [3.8, 4) is 0 Å². The van der Waals surface area contributed by atoms with E-state index < -0.39 is 11.6 Å². The lowest BCUT2D eigenvalue weighted by atomic mass is 9.85. The summed E-state index contributed by atoms with van der Waals surface area (Å²) in [6, 6.07) is 0. The highest BCUT2D eigenvalue weighted by Gasteiger charge is 2.60. The minimum Gasteiger partial charge on any atom is -0.317 e. The predicted molar refractivity (Wildman–Crippen MR) is 60.1 cm³/mol. The first-order valence-corrected chi connectivity index (χ1v) is 6.02. The van der Waals surface area contributed by atoms with E-state index in [-0.39, 0.29) is 24.7 Å². The molecule has 1 N–H and O–H groups in total. The van der Waals surface area contributed by atoms with E-state index in [1.165, 1.54) is 10.9 Å². The van der Waals surface area contributed by atoms with Crippen molar-refractivity contribution < 1.29 is 13.2 Å². The summed E-state index contributed by atoms with van der Waals surface area (Å²) in [5, 5.41) is 10.2. The first kappa shape index (κ1) is 13.3. The van der Waals surface area contributed by atoms with Crippen molar-refractivity contribution in [3.63, 3.8) is 0 Å². The van der Waals surface area contributed by atoms with Crippen LogP contribution >= 0.6 is 0 Å². The third kappa shape index (κ3) is 2.11. The molecule has 1 aliphatic heterocycles. The molecule has 0 bridgehead atoms. The molecule has 0 aromatic carbocycles. The number of rotatable bonds is 3. The van der Waals surface area contributed by atoms with Gasteiger partial charge in [0.15, 0.2) is 0 Å². The molecule has 1 aromatic rings. The average Bonchev–Trinajstić information content (AvgIpc) is 2.82. The Labute approximate surface area is 104 Å². The Morgan fingerprint density at radius 2 is 2.22 bits per heavy atom. The maximum absolute atomic E-state index is 13.4. The largest absolute Gasteiger partial charge is 0.402 e. The van der Waals surface area contributed by atoms with Crippen molar-refractivity contribution >= 4 is 0 Å². The van der Waals surface area contributed by atoms with Crippen molar-refractivity contribution in [1.82, 2.24) is 20.1 Å². The molecule has 2 rings (SSSR count). The van der Waals surface area contributed by atoms with Gasteiger partial charge in [-0.3, -0.25) is 0 Å². The summed E-state index contributed by atoms with van der Waals surface area (Å²) in [5.74, 6) is 0.285. The van der Waals surface area contributed by atoms with Gasteiger partial charge in [-0.1, -0.05) is 13.8 Å². The van der Waals surface area contributed by atoms with Gasteiger partial charge in [0.05, 0.1) is 0 Å². The quantitative estimate of drug-likeness (QED) is 0.902. The Morgan fingerprint density at radius 3 is 2.72 bits per heavy atom. The first-order valence-electron chi connectivity index (χ1n) is 6.02. The minimum absolute atomic E-state index is 0.0211. The molecule has 0 aliphatic carbocycles. The smallest absolute Gasteiger partial charge is 0.317 e. The van der Waals surface area contributed by atoms with Crippen molar-refractivity contribution in [2.45, 2.75) is 38.4 Å². The molecular weight excluding hydrogens is 245 g/mol. The second kappa shape index (κ2) is 4.53. The topological polar surface area (TPSA) is 42.7 Å². The van der Waals surface area contributed by atoms with Crippen LogP contribution < -0.4 is 5.32 Å². The zero-order valence-corrected chi connectivity index (χ0v) is 10.5. The molecule has 0 spiro atoms. The minimum atomic E-state index is -4.31. The van der Waals surface area contributed by atoms with E-state index in [1.54, 1.807) is 0 Å². The monoisotopic (exact) mass is 262 g/mol. The van der Waals surface area contributed by atoms with Crippen LogP contribution in [-0.4, -0.2) is 34.0 Å². The fourth-order valence-corrected chi connectivity index (χ4v) is 2.40. The molecule has 1 aliphatic rings. The molecule has 0 radical (unpaired) electrons. The van der Waals surface area contributed by atoms with Gasteiger partial charge in [-0.05, 0) is 18.9 Å². The summed E-state index contributed by atoms with van der Waals surface area (Å²) in [5.41, 5.74) is -1.89. The average molecular weight is 262 g/mol. The van der Waals surface area contributed by atoms with E-state index in [2.05, 4.69) is 15.5 Å². The molecule has 0 amide bonds. The fraction of sp³-hybridized carbons (Fsp3) is 0.818. The standard InChI is InChI=1S/C11H17F3N4/c1-8(2)5-18-7-16-17-9(18)10(11(12,13)14)3-4-15-6-10/h7-8,15H,3-6H2,1-2H3. The van der Waals surface area contributed by atoms with E-state index in [9.17, 15) is 13.2 Å². The van der Waals surface area contributed by atoms with Crippen LogP contribution in [0.1, 0.15) is 26.1 Å². The Kier molecular flexibility index (Phi) is 3.35. The molecule has 1 fully saturated rings. The van der Waals surface area contributed by atoms with E-state index in [1.807, 2.05) is 13.8 Å². The molecule has 1 atom stereocenters. The molecule has 4 nitrogen and oxygen atoms in total. The molecule has 0 saturated carbocycles. The van der Waals surface area contributed by atoms with Gasteiger partial charge in [-0.25, -0.2) is 0 Å². The molecule has 102 valence electrons. The van der Waals surface area contributed by atoms with Crippen molar-refractivity contribution in [2.75, 3.05) is 13.1 Å².